The third-order valence-corrected chi connectivity index (χ3v) is 4.92. The van der Waals surface area contributed by atoms with E-state index in [4.69, 9.17) is 5.73 Å². The molecule has 0 aliphatic heterocycles. The monoisotopic (exact) mass is 306 g/mol. The van der Waals surface area contributed by atoms with Crippen LogP contribution in [-0.2, 0) is 4.79 Å². The molecule has 2 rings (SSSR count). The largest absolute Gasteiger partial charge is 0.392 e. The molecule has 0 aromatic rings. The first-order valence-corrected chi connectivity index (χ1v) is 8.02. The van der Waals surface area contributed by atoms with Crippen LogP contribution in [0.2, 0.25) is 0 Å². The number of hydrogen-bond acceptors (Lipinski definition) is 2. The Morgan fingerprint density at radius 3 is 2.29 bits per heavy atom. The summed E-state index contributed by atoms with van der Waals surface area (Å²) in [4.78, 5) is 12.3. The molecule has 0 saturated heterocycles. The number of carbonyl (C=O) groups excluding carboxylic acids is 1. The van der Waals surface area contributed by atoms with Crippen molar-refractivity contribution in [2.45, 2.75) is 76.0 Å². The van der Waals surface area contributed by atoms with Crippen molar-refractivity contribution < 1.29 is 18.0 Å². The van der Waals surface area contributed by atoms with Gasteiger partial charge in [0.1, 0.15) is 0 Å². The Morgan fingerprint density at radius 2 is 1.57 bits per heavy atom. The molecule has 21 heavy (non-hydrogen) atoms. The maximum atomic E-state index is 13.1. The van der Waals surface area contributed by atoms with Crippen molar-refractivity contribution in [2.24, 2.45) is 17.6 Å². The number of nitrogens with two attached hydrogens (primary N) is 1. The number of alkyl halides is 3. The van der Waals surface area contributed by atoms with E-state index in [2.05, 4.69) is 5.32 Å². The van der Waals surface area contributed by atoms with Crippen molar-refractivity contribution in [3.63, 3.8) is 0 Å². The van der Waals surface area contributed by atoms with E-state index >= 15 is 0 Å². The molecule has 2 aliphatic rings. The van der Waals surface area contributed by atoms with Crippen LogP contribution in [0.1, 0.15) is 57.8 Å². The minimum Gasteiger partial charge on any atom is -0.352 e. The highest BCUT2D eigenvalue weighted by atomic mass is 19.4. The Kier molecular flexibility index (Phi) is 5.52. The lowest BCUT2D eigenvalue weighted by Gasteiger charge is -2.33. The molecular weight excluding hydrogens is 281 g/mol. The van der Waals surface area contributed by atoms with Crippen molar-refractivity contribution in [3.8, 4) is 0 Å². The number of halogens is 3. The summed E-state index contributed by atoms with van der Waals surface area (Å²) in [6.07, 6.45) is 2.06. The summed E-state index contributed by atoms with van der Waals surface area (Å²) < 4.78 is 39.2. The molecule has 2 aliphatic carbocycles. The predicted octanol–water partition coefficient (Wildman–Crippen LogP) is 3.13. The van der Waals surface area contributed by atoms with Crippen LogP contribution >= 0.6 is 0 Å². The highest BCUT2D eigenvalue weighted by Crippen LogP contribution is 2.41. The van der Waals surface area contributed by atoms with Gasteiger partial charge < -0.3 is 11.1 Å². The zero-order chi connectivity index (χ0) is 15.5. The Bertz CT molecular complexity index is 359. The molecule has 0 heterocycles. The summed E-state index contributed by atoms with van der Waals surface area (Å²) in [6, 6.07) is -0.305. The first kappa shape index (κ1) is 16.6. The van der Waals surface area contributed by atoms with Gasteiger partial charge in [-0.05, 0) is 25.7 Å². The van der Waals surface area contributed by atoms with Crippen LogP contribution in [0.5, 0.6) is 0 Å². The quantitative estimate of drug-likeness (QED) is 0.770. The number of nitrogens with one attached hydrogen (secondary N) is 1. The number of hydrogen-bond donors (Lipinski definition) is 2. The fraction of sp³-hybridized carbons (Fsp3) is 0.933. The topological polar surface area (TPSA) is 55.1 Å². The first-order valence-electron chi connectivity index (χ1n) is 8.02. The molecule has 0 aromatic carbocycles. The summed E-state index contributed by atoms with van der Waals surface area (Å²) >= 11 is 0. The Labute approximate surface area is 123 Å². The summed E-state index contributed by atoms with van der Waals surface area (Å²) in [6.45, 7) is 0. The minimum absolute atomic E-state index is 0.0678. The van der Waals surface area contributed by atoms with Crippen LogP contribution < -0.4 is 11.1 Å². The lowest BCUT2D eigenvalue weighted by molar-refractivity contribution is -0.198. The molecule has 0 bridgehead atoms. The molecule has 0 radical (unpaired) electrons. The Hall–Kier alpha value is -0.780. The highest BCUT2D eigenvalue weighted by Gasteiger charge is 2.48. The van der Waals surface area contributed by atoms with Crippen molar-refractivity contribution in [2.75, 3.05) is 0 Å². The Morgan fingerprint density at radius 1 is 0.952 bits per heavy atom. The van der Waals surface area contributed by atoms with E-state index in [-0.39, 0.29) is 18.5 Å². The van der Waals surface area contributed by atoms with Crippen LogP contribution in [0, 0.1) is 11.8 Å². The van der Waals surface area contributed by atoms with E-state index in [1.807, 2.05) is 0 Å². The predicted molar refractivity (Wildman–Crippen MR) is 74.5 cm³/mol. The van der Waals surface area contributed by atoms with Crippen LogP contribution in [0.3, 0.4) is 0 Å². The van der Waals surface area contributed by atoms with Gasteiger partial charge in [-0.3, -0.25) is 4.79 Å². The molecule has 0 aromatic heterocycles. The van der Waals surface area contributed by atoms with E-state index in [9.17, 15) is 18.0 Å². The maximum Gasteiger partial charge on any atom is 0.392 e. The second kappa shape index (κ2) is 6.99. The fourth-order valence-electron chi connectivity index (χ4n) is 3.64. The van der Waals surface area contributed by atoms with Crippen LogP contribution in [0.25, 0.3) is 0 Å². The molecule has 4 unspecified atom stereocenters. The molecular formula is C15H25F3N2O. The molecule has 3 N–H and O–H groups in total. The normalized spacial score (nSPS) is 35.0. The molecule has 6 heteroatoms. The average Bonchev–Trinajstić information content (AvgIpc) is 2.63. The average molecular weight is 306 g/mol. The second-order valence-electron chi connectivity index (χ2n) is 6.46. The van der Waals surface area contributed by atoms with Gasteiger partial charge in [-0.1, -0.05) is 32.1 Å². The molecule has 0 spiro atoms. The summed E-state index contributed by atoms with van der Waals surface area (Å²) in [7, 11) is 0. The summed E-state index contributed by atoms with van der Waals surface area (Å²) in [5.74, 6) is -2.87. The zero-order valence-corrected chi connectivity index (χ0v) is 12.3. The van der Waals surface area contributed by atoms with Crippen molar-refractivity contribution >= 4 is 5.91 Å². The van der Waals surface area contributed by atoms with Crippen LogP contribution in [-0.4, -0.2) is 24.2 Å². The van der Waals surface area contributed by atoms with Crippen molar-refractivity contribution in [1.29, 1.82) is 0 Å². The van der Waals surface area contributed by atoms with E-state index in [1.165, 1.54) is 0 Å². The van der Waals surface area contributed by atoms with Crippen LogP contribution in [0.15, 0.2) is 0 Å². The SMILES string of the molecule is NC1CCCCCC1NC(=O)C1CCCCC1C(F)(F)F. The smallest absolute Gasteiger partial charge is 0.352 e. The fourth-order valence-corrected chi connectivity index (χ4v) is 3.64. The van der Waals surface area contributed by atoms with Gasteiger partial charge in [-0.15, -0.1) is 0 Å². The van der Waals surface area contributed by atoms with Crippen LogP contribution in [0.4, 0.5) is 13.2 Å². The summed E-state index contributed by atoms with van der Waals surface area (Å²) in [5.41, 5.74) is 6.04. The van der Waals surface area contributed by atoms with Gasteiger partial charge in [0.15, 0.2) is 0 Å². The molecule has 3 nitrogen and oxygen atoms in total. The van der Waals surface area contributed by atoms with Gasteiger partial charge in [0.2, 0.25) is 5.91 Å². The third kappa shape index (κ3) is 4.34. The summed E-state index contributed by atoms with van der Waals surface area (Å²) in [5, 5.41) is 2.82. The lowest BCUT2D eigenvalue weighted by atomic mass is 9.78. The van der Waals surface area contributed by atoms with Gasteiger partial charge in [0.25, 0.3) is 0 Å². The third-order valence-electron chi connectivity index (χ3n) is 4.92. The molecule has 2 fully saturated rings. The van der Waals surface area contributed by atoms with Gasteiger partial charge in [0.05, 0.1) is 5.92 Å². The Balaban J connectivity index is 2.00. The van der Waals surface area contributed by atoms with Gasteiger partial charge in [0, 0.05) is 18.0 Å². The van der Waals surface area contributed by atoms with Gasteiger partial charge in [-0.25, -0.2) is 0 Å². The van der Waals surface area contributed by atoms with E-state index in [0.717, 1.165) is 32.1 Å². The molecule has 1 amide bonds. The zero-order valence-electron chi connectivity index (χ0n) is 12.3. The number of carbonyl (C=O) groups is 1. The van der Waals surface area contributed by atoms with Gasteiger partial charge >= 0.3 is 6.18 Å². The van der Waals surface area contributed by atoms with Crippen molar-refractivity contribution in [1.82, 2.24) is 5.32 Å². The van der Waals surface area contributed by atoms with Crippen molar-refractivity contribution in [3.05, 3.63) is 0 Å². The first-order chi connectivity index (χ1) is 9.89. The van der Waals surface area contributed by atoms with Gasteiger partial charge in [-0.2, -0.15) is 13.2 Å². The molecule has 4 atom stereocenters. The molecule has 122 valence electrons. The maximum absolute atomic E-state index is 13.1. The minimum atomic E-state index is -4.28. The van der Waals surface area contributed by atoms with E-state index in [1.54, 1.807) is 0 Å². The standard InChI is InChI=1S/C15H25F3N2O/c16-15(17,18)11-7-5-4-6-10(11)14(21)20-13-9-3-1-2-8-12(13)19/h10-13H,1-9,19H2,(H,20,21). The van der Waals surface area contributed by atoms with E-state index in [0.29, 0.717) is 19.3 Å². The highest BCUT2D eigenvalue weighted by molar-refractivity contribution is 5.79. The molecule has 2 saturated carbocycles. The second-order valence-corrected chi connectivity index (χ2v) is 6.46. The number of amides is 1. The lowest BCUT2D eigenvalue weighted by Crippen LogP contribution is -2.51. The number of rotatable bonds is 2. The van der Waals surface area contributed by atoms with E-state index < -0.39 is 23.9 Å².